The van der Waals surface area contributed by atoms with E-state index < -0.39 is 29.8 Å². The van der Waals surface area contributed by atoms with E-state index in [1.165, 1.54) is 0 Å². The molecule has 0 aliphatic heterocycles. The second kappa shape index (κ2) is 5.90. The van der Waals surface area contributed by atoms with Crippen LogP contribution >= 0.6 is 0 Å². The van der Waals surface area contributed by atoms with Crippen LogP contribution in [0.3, 0.4) is 0 Å². The molecular weight excluding hydrogens is 263 g/mol. The Labute approximate surface area is 107 Å². The van der Waals surface area contributed by atoms with Crippen LogP contribution in [0.5, 0.6) is 0 Å². The first-order valence-corrected chi connectivity index (χ1v) is 5.71. The van der Waals surface area contributed by atoms with Gasteiger partial charge in [0.25, 0.3) is 5.56 Å². The maximum absolute atomic E-state index is 12.5. The molecule has 0 amide bonds. The van der Waals surface area contributed by atoms with Gasteiger partial charge in [0.1, 0.15) is 6.54 Å². The minimum absolute atomic E-state index is 0.339. The summed E-state index contributed by atoms with van der Waals surface area (Å²) in [6.45, 7) is 2.92. The molecule has 0 saturated carbocycles. The second-order valence-electron chi connectivity index (χ2n) is 4.09. The zero-order valence-corrected chi connectivity index (χ0v) is 10.5. The summed E-state index contributed by atoms with van der Waals surface area (Å²) < 4.78 is 43.0. The van der Waals surface area contributed by atoms with Crippen molar-refractivity contribution in [2.75, 3.05) is 0 Å². The number of nitrogens with zero attached hydrogens (tertiary/aromatic N) is 1. The van der Waals surface area contributed by atoms with Crippen molar-refractivity contribution in [2.24, 2.45) is 0 Å². The summed E-state index contributed by atoms with van der Waals surface area (Å²) in [7, 11) is 0. The highest BCUT2D eigenvalue weighted by Crippen LogP contribution is 2.27. The standard InChI is InChI=1S/C12H14F3NO3/c1-3-8(2)19-11(18)7-16-6-9(12(13,14)15)4-5-10(16)17/h4-6,8H,3,7H2,1-2H3. The summed E-state index contributed by atoms with van der Waals surface area (Å²) in [6, 6.07) is 1.46. The van der Waals surface area contributed by atoms with Gasteiger partial charge in [0, 0.05) is 12.3 Å². The van der Waals surface area contributed by atoms with Crippen molar-refractivity contribution in [3.63, 3.8) is 0 Å². The fourth-order valence-corrected chi connectivity index (χ4v) is 1.31. The normalized spacial score (nSPS) is 13.1. The average Bonchev–Trinajstić information content (AvgIpc) is 2.30. The molecular formula is C12H14F3NO3. The largest absolute Gasteiger partial charge is 0.461 e. The first-order chi connectivity index (χ1) is 8.74. The van der Waals surface area contributed by atoms with Crippen LogP contribution < -0.4 is 5.56 Å². The van der Waals surface area contributed by atoms with Gasteiger partial charge in [-0.1, -0.05) is 6.92 Å². The predicted molar refractivity (Wildman–Crippen MR) is 61.5 cm³/mol. The summed E-state index contributed by atoms with van der Waals surface area (Å²) in [5.41, 5.74) is -1.67. The molecule has 0 N–H and O–H groups in total. The third-order valence-corrected chi connectivity index (χ3v) is 2.52. The zero-order valence-electron chi connectivity index (χ0n) is 10.5. The molecule has 0 fully saturated rings. The monoisotopic (exact) mass is 277 g/mol. The van der Waals surface area contributed by atoms with E-state index in [9.17, 15) is 22.8 Å². The van der Waals surface area contributed by atoms with E-state index in [0.717, 1.165) is 6.07 Å². The van der Waals surface area contributed by atoms with E-state index in [-0.39, 0.29) is 6.10 Å². The van der Waals surface area contributed by atoms with E-state index >= 15 is 0 Å². The predicted octanol–water partition coefficient (Wildman–Crippen LogP) is 2.21. The Morgan fingerprint density at radius 2 is 2.05 bits per heavy atom. The van der Waals surface area contributed by atoms with Crippen molar-refractivity contribution in [3.8, 4) is 0 Å². The average molecular weight is 277 g/mol. The molecule has 1 heterocycles. The molecule has 1 unspecified atom stereocenters. The Morgan fingerprint density at radius 1 is 1.42 bits per heavy atom. The molecule has 0 bridgehead atoms. The number of alkyl halides is 3. The number of carbonyl (C=O) groups is 1. The number of halogens is 3. The molecule has 7 heteroatoms. The quantitative estimate of drug-likeness (QED) is 0.793. The molecule has 0 aromatic carbocycles. The molecule has 1 aromatic heterocycles. The molecule has 0 spiro atoms. The van der Waals surface area contributed by atoms with Crippen molar-refractivity contribution >= 4 is 5.97 Å². The van der Waals surface area contributed by atoms with Gasteiger partial charge >= 0.3 is 12.1 Å². The van der Waals surface area contributed by atoms with Crippen molar-refractivity contribution in [2.45, 2.75) is 39.1 Å². The van der Waals surface area contributed by atoms with E-state index in [1.807, 2.05) is 0 Å². The van der Waals surface area contributed by atoms with Gasteiger partial charge in [-0.3, -0.25) is 9.59 Å². The van der Waals surface area contributed by atoms with Crippen LogP contribution in [0.2, 0.25) is 0 Å². The number of esters is 1. The van der Waals surface area contributed by atoms with Crippen LogP contribution in [-0.2, 0) is 22.3 Å². The summed E-state index contributed by atoms with van der Waals surface area (Å²) in [6.07, 6.45) is -3.70. The van der Waals surface area contributed by atoms with Crippen molar-refractivity contribution in [3.05, 3.63) is 34.2 Å². The van der Waals surface area contributed by atoms with Gasteiger partial charge in [-0.25, -0.2) is 0 Å². The molecule has 4 nitrogen and oxygen atoms in total. The lowest BCUT2D eigenvalue weighted by atomic mass is 10.3. The fourth-order valence-electron chi connectivity index (χ4n) is 1.31. The van der Waals surface area contributed by atoms with Gasteiger partial charge in [0.2, 0.25) is 0 Å². The molecule has 19 heavy (non-hydrogen) atoms. The van der Waals surface area contributed by atoms with Gasteiger partial charge in [-0.15, -0.1) is 0 Å². The van der Waals surface area contributed by atoms with Crippen molar-refractivity contribution in [1.29, 1.82) is 0 Å². The smallest absolute Gasteiger partial charge is 0.417 e. The number of ether oxygens (including phenoxy) is 1. The van der Waals surface area contributed by atoms with Gasteiger partial charge in [0.05, 0.1) is 11.7 Å². The SMILES string of the molecule is CCC(C)OC(=O)Cn1cc(C(F)(F)F)ccc1=O. The van der Waals surface area contributed by atoms with Crippen LogP contribution in [0.25, 0.3) is 0 Å². The highest BCUT2D eigenvalue weighted by molar-refractivity contribution is 5.69. The first-order valence-electron chi connectivity index (χ1n) is 5.71. The molecule has 0 aliphatic carbocycles. The highest BCUT2D eigenvalue weighted by Gasteiger charge is 2.31. The third-order valence-electron chi connectivity index (χ3n) is 2.52. The van der Waals surface area contributed by atoms with Crippen LogP contribution in [0, 0.1) is 0 Å². The van der Waals surface area contributed by atoms with E-state index in [0.29, 0.717) is 23.3 Å². The molecule has 1 rings (SSSR count). The van der Waals surface area contributed by atoms with E-state index in [1.54, 1.807) is 13.8 Å². The molecule has 106 valence electrons. The summed E-state index contributed by atoms with van der Waals surface area (Å²) >= 11 is 0. The fraction of sp³-hybridized carbons (Fsp3) is 0.500. The van der Waals surface area contributed by atoms with E-state index in [4.69, 9.17) is 4.74 Å². The number of carbonyl (C=O) groups excluding carboxylic acids is 1. The number of aromatic nitrogens is 1. The maximum atomic E-state index is 12.5. The van der Waals surface area contributed by atoms with Gasteiger partial charge < -0.3 is 9.30 Å². The lowest BCUT2D eigenvalue weighted by Gasteiger charge is -2.13. The number of hydrogen-bond donors (Lipinski definition) is 0. The summed E-state index contributed by atoms with van der Waals surface area (Å²) in [4.78, 5) is 22.8. The van der Waals surface area contributed by atoms with Crippen LogP contribution in [0.15, 0.2) is 23.1 Å². The maximum Gasteiger partial charge on any atom is 0.417 e. The van der Waals surface area contributed by atoms with Gasteiger partial charge in [-0.05, 0) is 19.4 Å². The Morgan fingerprint density at radius 3 is 2.58 bits per heavy atom. The van der Waals surface area contributed by atoms with Gasteiger partial charge in [-0.2, -0.15) is 13.2 Å². The number of rotatable bonds is 4. The number of pyridine rings is 1. The summed E-state index contributed by atoms with van der Waals surface area (Å²) in [5.74, 6) is -0.740. The Bertz CT molecular complexity index is 508. The topological polar surface area (TPSA) is 48.3 Å². The first kappa shape index (κ1) is 15.3. The lowest BCUT2D eigenvalue weighted by molar-refractivity contribution is -0.149. The summed E-state index contributed by atoms with van der Waals surface area (Å²) in [5, 5.41) is 0. The Balaban J connectivity index is 2.89. The third kappa shape index (κ3) is 4.42. The number of hydrogen-bond acceptors (Lipinski definition) is 3. The van der Waals surface area contributed by atoms with Gasteiger partial charge in [0.15, 0.2) is 0 Å². The van der Waals surface area contributed by atoms with E-state index in [2.05, 4.69) is 0 Å². The van der Waals surface area contributed by atoms with Crippen LogP contribution in [0.4, 0.5) is 13.2 Å². The van der Waals surface area contributed by atoms with Crippen molar-refractivity contribution < 1.29 is 22.7 Å². The minimum Gasteiger partial charge on any atom is -0.461 e. The lowest BCUT2D eigenvalue weighted by Crippen LogP contribution is -2.27. The molecule has 0 radical (unpaired) electrons. The Kier molecular flexibility index (Phi) is 4.74. The minimum atomic E-state index is -4.56. The molecule has 0 aliphatic rings. The van der Waals surface area contributed by atoms with Crippen molar-refractivity contribution in [1.82, 2.24) is 4.57 Å². The highest BCUT2D eigenvalue weighted by atomic mass is 19.4. The molecule has 0 saturated heterocycles. The molecule has 1 atom stereocenters. The second-order valence-corrected chi connectivity index (χ2v) is 4.09. The Hall–Kier alpha value is -1.79. The zero-order chi connectivity index (χ0) is 14.6. The van der Waals surface area contributed by atoms with Crippen LogP contribution in [-0.4, -0.2) is 16.6 Å². The van der Waals surface area contributed by atoms with Crippen LogP contribution in [0.1, 0.15) is 25.8 Å². The molecule has 1 aromatic rings.